The SMILES string of the molecule is COc1cc(F)cc(ON)c1.Cl. The van der Waals surface area contributed by atoms with E-state index in [1.165, 1.54) is 25.3 Å². The predicted molar refractivity (Wildman–Crippen MR) is 45.0 cm³/mol. The number of rotatable bonds is 2. The molecule has 0 saturated heterocycles. The molecule has 0 aliphatic heterocycles. The van der Waals surface area contributed by atoms with E-state index in [-0.39, 0.29) is 18.2 Å². The Morgan fingerprint density at radius 2 is 1.83 bits per heavy atom. The third-order valence-corrected chi connectivity index (χ3v) is 1.22. The molecule has 68 valence electrons. The van der Waals surface area contributed by atoms with E-state index >= 15 is 0 Å². The fraction of sp³-hybridized carbons (Fsp3) is 0.143. The molecule has 1 rings (SSSR count). The van der Waals surface area contributed by atoms with Crippen LogP contribution in [0, 0.1) is 5.82 Å². The van der Waals surface area contributed by atoms with Crippen LogP contribution in [0.3, 0.4) is 0 Å². The summed E-state index contributed by atoms with van der Waals surface area (Å²) in [5.74, 6) is 5.00. The molecule has 0 amide bonds. The molecule has 0 unspecified atom stereocenters. The highest BCUT2D eigenvalue weighted by molar-refractivity contribution is 5.85. The normalized spacial score (nSPS) is 8.58. The first-order chi connectivity index (χ1) is 5.26. The van der Waals surface area contributed by atoms with Gasteiger partial charge in [0.25, 0.3) is 0 Å². The highest BCUT2D eigenvalue weighted by atomic mass is 35.5. The minimum absolute atomic E-state index is 0. The van der Waals surface area contributed by atoms with Gasteiger partial charge in [-0.05, 0) is 0 Å². The van der Waals surface area contributed by atoms with Crippen molar-refractivity contribution in [2.24, 2.45) is 5.90 Å². The number of ether oxygens (including phenoxy) is 1. The maximum Gasteiger partial charge on any atom is 0.153 e. The molecular formula is C7H9ClFNO2. The van der Waals surface area contributed by atoms with Crippen molar-refractivity contribution in [1.29, 1.82) is 0 Å². The third kappa shape index (κ3) is 2.56. The van der Waals surface area contributed by atoms with Crippen LogP contribution in [-0.2, 0) is 0 Å². The monoisotopic (exact) mass is 193 g/mol. The molecule has 0 atom stereocenters. The van der Waals surface area contributed by atoms with E-state index in [0.717, 1.165) is 0 Å². The fourth-order valence-electron chi connectivity index (χ4n) is 0.723. The number of nitrogens with two attached hydrogens (primary N) is 1. The number of hydrogen-bond acceptors (Lipinski definition) is 3. The van der Waals surface area contributed by atoms with Crippen LogP contribution >= 0.6 is 12.4 Å². The fourth-order valence-corrected chi connectivity index (χ4v) is 0.723. The Morgan fingerprint density at radius 3 is 2.33 bits per heavy atom. The van der Waals surface area contributed by atoms with E-state index in [0.29, 0.717) is 5.75 Å². The Labute approximate surface area is 75.6 Å². The van der Waals surface area contributed by atoms with Gasteiger partial charge in [0.1, 0.15) is 11.6 Å². The molecule has 0 saturated carbocycles. The number of hydrogen-bond donors (Lipinski definition) is 1. The molecule has 2 N–H and O–H groups in total. The largest absolute Gasteiger partial charge is 0.497 e. The third-order valence-electron chi connectivity index (χ3n) is 1.22. The number of methoxy groups -OCH3 is 1. The zero-order chi connectivity index (χ0) is 8.27. The standard InChI is InChI=1S/C7H8FNO2.ClH/c1-10-6-2-5(8)3-7(4-6)11-9;/h2-4H,9H2,1H3;1H. The maximum atomic E-state index is 12.6. The second-order valence-corrected chi connectivity index (χ2v) is 1.94. The second kappa shape index (κ2) is 4.79. The summed E-state index contributed by atoms with van der Waals surface area (Å²) in [6.07, 6.45) is 0. The van der Waals surface area contributed by atoms with Crippen molar-refractivity contribution >= 4 is 12.4 Å². The topological polar surface area (TPSA) is 44.5 Å². The van der Waals surface area contributed by atoms with Gasteiger partial charge in [0.2, 0.25) is 0 Å². The highest BCUT2D eigenvalue weighted by Gasteiger charge is 1.99. The van der Waals surface area contributed by atoms with Gasteiger partial charge in [0.05, 0.1) is 7.11 Å². The van der Waals surface area contributed by atoms with Gasteiger partial charge < -0.3 is 9.57 Å². The van der Waals surface area contributed by atoms with Gasteiger partial charge in [-0.25, -0.2) is 4.39 Å². The molecule has 0 bridgehead atoms. The summed E-state index contributed by atoms with van der Waals surface area (Å²) in [5.41, 5.74) is 0. The molecule has 0 radical (unpaired) electrons. The van der Waals surface area contributed by atoms with Gasteiger partial charge in [-0.15, -0.1) is 12.4 Å². The minimum atomic E-state index is -0.440. The molecule has 0 aliphatic rings. The molecule has 0 spiro atoms. The maximum absolute atomic E-state index is 12.6. The van der Waals surface area contributed by atoms with Crippen LogP contribution in [0.15, 0.2) is 18.2 Å². The first-order valence-electron chi connectivity index (χ1n) is 2.97. The summed E-state index contributed by atoms with van der Waals surface area (Å²) < 4.78 is 17.3. The average Bonchev–Trinajstić information content (AvgIpc) is 2.03. The van der Waals surface area contributed by atoms with Crippen LogP contribution in [-0.4, -0.2) is 7.11 Å². The van der Waals surface area contributed by atoms with Gasteiger partial charge in [-0.3, -0.25) is 0 Å². The van der Waals surface area contributed by atoms with Crippen LogP contribution < -0.4 is 15.5 Å². The summed E-state index contributed by atoms with van der Waals surface area (Å²) in [7, 11) is 1.44. The molecular weight excluding hydrogens is 185 g/mol. The zero-order valence-electron chi connectivity index (χ0n) is 6.41. The second-order valence-electron chi connectivity index (χ2n) is 1.94. The van der Waals surface area contributed by atoms with E-state index in [4.69, 9.17) is 10.6 Å². The van der Waals surface area contributed by atoms with Crippen molar-refractivity contribution < 1.29 is 14.0 Å². The van der Waals surface area contributed by atoms with Gasteiger partial charge in [-0.1, -0.05) is 0 Å². The Hall–Kier alpha value is -1.00. The van der Waals surface area contributed by atoms with Crippen molar-refractivity contribution in [2.45, 2.75) is 0 Å². The lowest BCUT2D eigenvalue weighted by Crippen LogP contribution is -2.02. The van der Waals surface area contributed by atoms with Crippen LogP contribution in [0.4, 0.5) is 4.39 Å². The quantitative estimate of drug-likeness (QED) is 0.725. The Kier molecular flexibility index (Phi) is 4.39. The summed E-state index contributed by atoms with van der Waals surface area (Å²) >= 11 is 0. The van der Waals surface area contributed by atoms with Gasteiger partial charge in [0.15, 0.2) is 5.75 Å². The predicted octanol–water partition coefficient (Wildman–Crippen LogP) is 1.51. The summed E-state index contributed by atoms with van der Waals surface area (Å²) in [6.45, 7) is 0. The van der Waals surface area contributed by atoms with E-state index < -0.39 is 5.82 Å². The molecule has 1 aromatic rings. The van der Waals surface area contributed by atoms with Crippen LogP contribution in [0.1, 0.15) is 0 Å². The first kappa shape index (κ1) is 11.0. The van der Waals surface area contributed by atoms with Gasteiger partial charge in [-0.2, -0.15) is 5.90 Å². The van der Waals surface area contributed by atoms with Crippen LogP contribution in [0.25, 0.3) is 0 Å². The molecule has 0 fully saturated rings. The molecule has 5 heteroatoms. The highest BCUT2D eigenvalue weighted by Crippen LogP contribution is 2.20. The molecule has 0 heterocycles. The Morgan fingerprint density at radius 1 is 1.25 bits per heavy atom. The van der Waals surface area contributed by atoms with Crippen molar-refractivity contribution in [2.75, 3.05) is 7.11 Å². The summed E-state index contributed by atoms with van der Waals surface area (Å²) in [6, 6.07) is 3.90. The lowest BCUT2D eigenvalue weighted by molar-refractivity contribution is 0.328. The molecule has 3 nitrogen and oxygen atoms in total. The molecule has 1 aromatic carbocycles. The number of benzene rings is 1. The molecule has 0 aliphatic carbocycles. The van der Waals surface area contributed by atoms with Crippen molar-refractivity contribution in [3.05, 3.63) is 24.0 Å². The van der Waals surface area contributed by atoms with Crippen molar-refractivity contribution in [3.8, 4) is 11.5 Å². The molecule has 0 aromatic heterocycles. The summed E-state index contributed by atoms with van der Waals surface area (Å²) in [4.78, 5) is 4.32. The van der Waals surface area contributed by atoms with Crippen molar-refractivity contribution in [3.63, 3.8) is 0 Å². The van der Waals surface area contributed by atoms with Gasteiger partial charge in [0, 0.05) is 18.2 Å². The van der Waals surface area contributed by atoms with E-state index in [1.807, 2.05) is 0 Å². The zero-order valence-corrected chi connectivity index (χ0v) is 7.23. The minimum Gasteiger partial charge on any atom is -0.497 e. The van der Waals surface area contributed by atoms with E-state index in [2.05, 4.69) is 4.84 Å². The Balaban J connectivity index is 0.00000121. The average molecular weight is 194 g/mol. The summed E-state index contributed by atoms with van der Waals surface area (Å²) in [5, 5.41) is 0. The van der Waals surface area contributed by atoms with Crippen LogP contribution in [0.2, 0.25) is 0 Å². The number of halogens is 2. The molecule has 12 heavy (non-hydrogen) atoms. The van der Waals surface area contributed by atoms with E-state index in [1.54, 1.807) is 0 Å². The first-order valence-corrected chi connectivity index (χ1v) is 2.97. The lowest BCUT2D eigenvalue weighted by atomic mass is 10.3. The van der Waals surface area contributed by atoms with Gasteiger partial charge >= 0.3 is 0 Å². The smallest absolute Gasteiger partial charge is 0.153 e. The lowest BCUT2D eigenvalue weighted by Gasteiger charge is -2.02. The van der Waals surface area contributed by atoms with E-state index in [9.17, 15) is 4.39 Å². The Bertz CT molecular complexity index is 235. The van der Waals surface area contributed by atoms with Crippen LogP contribution in [0.5, 0.6) is 11.5 Å². The van der Waals surface area contributed by atoms with Crippen molar-refractivity contribution in [1.82, 2.24) is 0 Å².